The van der Waals surface area contributed by atoms with E-state index < -0.39 is 0 Å². The van der Waals surface area contributed by atoms with Gasteiger partial charge in [0, 0.05) is 16.6 Å². The van der Waals surface area contributed by atoms with Gasteiger partial charge in [0.1, 0.15) is 0 Å². The van der Waals surface area contributed by atoms with Crippen molar-refractivity contribution in [2.75, 3.05) is 0 Å². The first-order valence-corrected chi connectivity index (χ1v) is 9.67. The summed E-state index contributed by atoms with van der Waals surface area (Å²) in [7, 11) is 0. The van der Waals surface area contributed by atoms with Gasteiger partial charge in [0.2, 0.25) is 0 Å². The number of aromatic nitrogens is 1. The van der Waals surface area contributed by atoms with Crippen LogP contribution in [0.3, 0.4) is 0 Å². The Morgan fingerprint density at radius 2 is 1.52 bits per heavy atom. The van der Waals surface area contributed by atoms with Crippen LogP contribution < -0.4 is 0 Å². The highest BCUT2D eigenvalue weighted by Crippen LogP contribution is 2.33. The summed E-state index contributed by atoms with van der Waals surface area (Å²) in [5, 5.41) is 2.49. The second-order valence-corrected chi connectivity index (χ2v) is 7.68. The van der Waals surface area contributed by atoms with E-state index >= 15 is 0 Å². The van der Waals surface area contributed by atoms with Crippen molar-refractivity contribution in [3.05, 3.63) is 90.1 Å². The predicted octanol–water partition coefficient (Wildman–Crippen LogP) is 7.08. The van der Waals surface area contributed by atoms with Crippen LogP contribution in [0.25, 0.3) is 33.2 Å². The molecule has 134 valence electrons. The summed E-state index contributed by atoms with van der Waals surface area (Å²) in [5.74, 6) is 0.586. The number of hydrogen-bond acceptors (Lipinski definition) is 1. The van der Waals surface area contributed by atoms with Crippen LogP contribution in [-0.2, 0) is 6.42 Å². The summed E-state index contributed by atoms with van der Waals surface area (Å²) in [6, 6.07) is 28.1. The summed E-state index contributed by atoms with van der Waals surface area (Å²) in [4.78, 5) is 5.11. The van der Waals surface area contributed by atoms with Crippen LogP contribution >= 0.6 is 0 Å². The summed E-state index contributed by atoms with van der Waals surface area (Å²) in [6.07, 6.45) is 0.995. The van der Waals surface area contributed by atoms with Crippen LogP contribution in [-0.4, -0.2) is 4.98 Å². The van der Waals surface area contributed by atoms with E-state index in [1.807, 2.05) is 0 Å². The smallest absolute Gasteiger partial charge is 0.0786 e. The molecule has 3 aromatic carbocycles. The zero-order valence-electron chi connectivity index (χ0n) is 16.2. The van der Waals surface area contributed by atoms with Gasteiger partial charge in [-0.2, -0.15) is 0 Å². The van der Waals surface area contributed by atoms with Crippen LogP contribution in [0.4, 0.5) is 0 Å². The molecule has 0 amide bonds. The van der Waals surface area contributed by atoms with E-state index in [2.05, 4.69) is 99.6 Å². The molecule has 4 aromatic rings. The maximum Gasteiger partial charge on any atom is 0.0786 e. The predicted molar refractivity (Wildman–Crippen MR) is 116 cm³/mol. The standard InChI is InChI=1S/C26H25N/c1-18(2)15-23-16-22-11-7-8-12-24(22)26(27-23)25-17-21(14-13-19(25)3)20-9-5-4-6-10-20/h4-14,16-18H,15H2,1-3H3. The molecule has 0 bridgehead atoms. The second kappa shape index (κ2) is 7.36. The molecule has 27 heavy (non-hydrogen) atoms. The van der Waals surface area contributed by atoms with Gasteiger partial charge in [-0.05, 0) is 53.5 Å². The van der Waals surface area contributed by atoms with E-state index in [1.165, 1.54) is 38.7 Å². The molecule has 0 saturated carbocycles. The van der Waals surface area contributed by atoms with Crippen molar-refractivity contribution in [3.8, 4) is 22.4 Å². The highest BCUT2D eigenvalue weighted by atomic mass is 14.7. The van der Waals surface area contributed by atoms with E-state index in [0.717, 1.165) is 12.1 Å². The van der Waals surface area contributed by atoms with Crippen LogP contribution in [0, 0.1) is 12.8 Å². The SMILES string of the molecule is Cc1ccc(-c2ccccc2)cc1-c1nc(CC(C)C)cc2ccccc12. The quantitative estimate of drug-likeness (QED) is 0.383. The topological polar surface area (TPSA) is 12.9 Å². The second-order valence-electron chi connectivity index (χ2n) is 7.68. The van der Waals surface area contributed by atoms with Crippen molar-refractivity contribution in [2.45, 2.75) is 27.2 Å². The fourth-order valence-electron chi connectivity index (χ4n) is 3.67. The minimum absolute atomic E-state index is 0.586. The summed E-state index contributed by atoms with van der Waals surface area (Å²) in [5.41, 5.74) is 7.21. The third-order valence-electron chi connectivity index (χ3n) is 5.01. The van der Waals surface area contributed by atoms with E-state index in [-0.39, 0.29) is 0 Å². The molecule has 0 saturated heterocycles. The van der Waals surface area contributed by atoms with E-state index in [9.17, 15) is 0 Å². The van der Waals surface area contributed by atoms with Crippen molar-refractivity contribution in [1.29, 1.82) is 0 Å². The highest BCUT2D eigenvalue weighted by Gasteiger charge is 2.12. The zero-order valence-corrected chi connectivity index (χ0v) is 16.2. The normalized spacial score (nSPS) is 11.3. The summed E-state index contributed by atoms with van der Waals surface area (Å²) in [6.45, 7) is 6.67. The maximum atomic E-state index is 5.11. The lowest BCUT2D eigenvalue weighted by Crippen LogP contribution is -2.00. The average Bonchev–Trinajstić information content (AvgIpc) is 2.68. The lowest BCUT2D eigenvalue weighted by molar-refractivity contribution is 0.636. The number of fused-ring (bicyclic) bond motifs is 1. The number of benzene rings is 3. The van der Waals surface area contributed by atoms with Gasteiger partial charge in [0.25, 0.3) is 0 Å². The zero-order chi connectivity index (χ0) is 18.8. The Balaban J connectivity index is 1.93. The lowest BCUT2D eigenvalue weighted by atomic mass is 9.94. The number of aryl methyl sites for hydroxylation is 1. The summed E-state index contributed by atoms with van der Waals surface area (Å²) < 4.78 is 0. The minimum Gasteiger partial charge on any atom is -0.252 e. The number of rotatable bonds is 4. The van der Waals surface area contributed by atoms with E-state index in [1.54, 1.807) is 0 Å². The molecule has 1 heterocycles. The van der Waals surface area contributed by atoms with Crippen LogP contribution in [0.2, 0.25) is 0 Å². The molecule has 4 rings (SSSR count). The van der Waals surface area contributed by atoms with Gasteiger partial charge in [0.05, 0.1) is 5.69 Å². The Morgan fingerprint density at radius 1 is 0.778 bits per heavy atom. The van der Waals surface area contributed by atoms with Gasteiger partial charge in [-0.15, -0.1) is 0 Å². The van der Waals surface area contributed by atoms with Gasteiger partial charge in [-0.25, -0.2) is 0 Å². The molecular formula is C26H25N. The molecular weight excluding hydrogens is 326 g/mol. The molecule has 0 radical (unpaired) electrons. The van der Waals surface area contributed by atoms with Crippen molar-refractivity contribution in [3.63, 3.8) is 0 Å². The van der Waals surface area contributed by atoms with E-state index in [4.69, 9.17) is 4.98 Å². The van der Waals surface area contributed by atoms with Crippen LogP contribution in [0.5, 0.6) is 0 Å². The Morgan fingerprint density at radius 3 is 2.30 bits per heavy atom. The molecule has 0 aliphatic heterocycles. The average molecular weight is 351 g/mol. The summed E-state index contributed by atoms with van der Waals surface area (Å²) >= 11 is 0. The third-order valence-corrected chi connectivity index (χ3v) is 5.01. The van der Waals surface area contributed by atoms with Crippen LogP contribution in [0.1, 0.15) is 25.1 Å². The Bertz CT molecular complexity index is 1080. The van der Waals surface area contributed by atoms with Gasteiger partial charge in [0.15, 0.2) is 0 Å². The molecule has 0 aliphatic carbocycles. The molecule has 0 unspecified atom stereocenters. The van der Waals surface area contributed by atoms with Crippen molar-refractivity contribution >= 4 is 10.8 Å². The van der Waals surface area contributed by atoms with E-state index in [0.29, 0.717) is 5.92 Å². The first-order chi connectivity index (χ1) is 13.1. The molecule has 1 heteroatoms. The number of nitrogens with zero attached hydrogens (tertiary/aromatic N) is 1. The maximum absolute atomic E-state index is 5.11. The number of pyridine rings is 1. The van der Waals surface area contributed by atoms with Gasteiger partial charge >= 0.3 is 0 Å². The fraction of sp³-hybridized carbons (Fsp3) is 0.192. The molecule has 0 fully saturated rings. The van der Waals surface area contributed by atoms with Crippen LogP contribution in [0.15, 0.2) is 78.9 Å². The Kier molecular flexibility index (Phi) is 4.77. The first-order valence-electron chi connectivity index (χ1n) is 9.67. The number of hydrogen-bond donors (Lipinski definition) is 0. The Labute approximate surface area is 161 Å². The molecule has 0 N–H and O–H groups in total. The van der Waals surface area contributed by atoms with Gasteiger partial charge in [-0.3, -0.25) is 4.98 Å². The molecule has 0 spiro atoms. The van der Waals surface area contributed by atoms with Crippen molar-refractivity contribution in [1.82, 2.24) is 4.98 Å². The van der Waals surface area contributed by atoms with Crippen molar-refractivity contribution in [2.24, 2.45) is 5.92 Å². The Hall–Kier alpha value is -2.93. The first kappa shape index (κ1) is 17.5. The third kappa shape index (κ3) is 3.64. The van der Waals surface area contributed by atoms with Gasteiger partial charge < -0.3 is 0 Å². The van der Waals surface area contributed by atoms with Crippen molar-refractivity contribution < 1.29 is 0 Å². The highest BCUT2D eigenvalue weighted by molar-refractivity contribution is 5.96. The molecule has 0 atom stereocenters. The molecule has 1 nitrogen and oxygen atoms in total. The van der Waals surface area contributed by atoms with Gasteiger partial charge in [-0.1, -0.05) is 80.6 Å². The molecule has 1 aromatic heterocycles. The largest absolute Gasteiger partial charge is 0.252 e. The lowest BCUT2D eigenvalue weighted by Gasteiger charge is -2.14. The monoisotopic (exact) mass is 351 g/mol. The minimum atomic E-state index is 0.586. The fourth-order valence-corrected chi connectivity index (χ4v) is 3.67. The molecule has 0 aliphatic rings.